The lowest BCUT2D eigenvalue weighted by atomic mass is 10.1. The van der Waals surface area contributed by atoms with Gasteiger partial charge in [0.25, 0.3) is 5.91 Å². The van der Waals surface area contributed by atoms with E-state index in [-0.39, 0.29) is 6.04 Å². The molecular weight excluding hydrogens is 341 g/mol. The highest BCUT2D eigenvalue weighted by molar-refractivity contribution is 9.10. The number of nitrogens with one attached hydrogen (secondary N) is 1. The fourth-order valence-corrected chi connectivity index (χ4v) is 1.74. The summed E-state index contributed by atoms with van der Waals surface area (Å²) in [6, 6.07) is 4.76. The number of ether oxygens (including phenoxy) is 1. The molecule has 112 valence electrons. The van der Waals surface area contributed by atoms with Crippen molar-refractivity contribution in [3.8, 4) is 5.75 Å². The predicted octanol–water partition coefficient (Wildman–Crippen LogP) is 2.53. The van der Waals surface area contributed by atoms with Crippen molar-refractivity contribution in [2.45, 2.75) is 19.1 Å². The number of hydrogen-bond donors (Lipinski definition) is 2. The average molecular weight is 355 g/mol. The molecule has 0 unspecified atom stereocenters. The van der Waals surface area contributed by atoms with Gasteiger partial charge in [0.2, 0.25) is 0 Å². The molecule has 0 radical (unpaired) electrons. The van der Waals surface area contributed by atoms with Crippen LogP contribution in [0.3, 0.4) is 0 Å². The minimum atomic E-state index is -4.44. The van der Waals surface area contributed by atoms with Gasteiger partial charge in [-0.1, -0.05) is 22.0 Å². The van der Waals surface area contributed by atoms with E-state index in [1.165, 1.54) is 0 Å². The number of rotatable bonds is 5. The summed E-state index contributed by atoms with van der Waals surface area (Å²) in [5, 5.41) is 1.72. The Hall–Kier alpha value is -1.28. The fraction of sp³-hybridized carbons (Fsp3) is 0.417. The van der Waals surface area contributed by atoms with E-state index in [2.05, 4.69) is 15.9 Å². The van der Waals surface area contributed by atoms with Gasteiger partial charge in [-0.2, -0.15) is 13.2 Å². The van der Waals surface area contributed by atoms with Crippen LogP contribution in [-0.2, 0) is 4.79 Å². The van der Waals surface area contributed by atoms with Gasteiger partial charge >= 0.3 is 6.18 Å². The maximum atomic E-state index is 11.9. The van der Waals surface area contributed by atoms with E-state index in [1.54, 1.807) is 30.4 Å². The van der Waals surface area contributed by atoms with E-state index >= 15 is 0 Å². The van der Waals surface area contributed by atoms with E-state index in [1.807, 2.05) is 0 Å². The molecule has 4 nitrogen and oxygen atoms in total. The van der Waals surface area contributed by atoms with Crippen molar-refractivity contribution < 1.29 is 22.7 Å². The molecule has 0 heterocycles. The molecule has 3 N–H and O–H groups in total. The summed E-state index contributed by atoms with van der Waals surface area (Å²) in [5.74, 6) is -0.491. The number of halogens is 4. The number of carbonyl (C=O) groups is 1. The van der Waals surface area contributed by atoms with Crippen LogP contribution in [-0.4, -0.2) is 25.2 Å². The molecular formula is C12H14BrF3N2O2. The summed E-state index contributed by atoms with van der Waals surface area (Å²) in [6.07, 6.45) is -4.44. The molecule has 1 amide bonds. The molecule has 0 spiro atoms. The van der Waals surface area contributed by atoms with Crippen molar-refractivity contribution >= 4 is 21.8 Å². The third kappa shape index (κ3) is 5.79. The molecule has 20 heavy (non-hydrogen) atoms. The SMILES string of the molecule is C[C@@H](N)c1ccc(Br)cc1OCC(=O)NCC(F)(F)F. The maximum Gasteiger partial charge on any atom is 0.405 e. The average Bonchev–Trinajstić information content (AvgIpc) is 2.32. The van der Waals surface area contributed by atoms with Gasteiger partial charge in [0.15, 0.2) is 6.61 Å². The zero-order valence-electron chi connectivity index (χ0n) is 10.6. The summed E-state index contributed by atoms with van der Waals surface area (Å²) in [6.45, 7) is -0.153. The van der Waals surface area contributed by atoms with Crippen molar-refractivity contribution in [1.29, 1.82) is 0 Å². The second kappa shape index (κ2) is 6.94. The van der Waals surface area contributed by atoms with Crippen LogP contribution in [0.25, 0.3) is 0 Å². The highest BCUT2D eigenvalue weighted by atomic mass is 79.9. The van der Waals surface area contributed by atoms with Gasteiger partial charge < -0.3 is 15.8 Å². The molecule has 1 atom stereocenters. The number of nitrogens with two attached hydrogens (primary N) is 1. The number of hydrogen-bond acceptors (Lipinski definition) is 3. The van der Waals surface area contributed by atoms with Crippen molar-refractivity contribution in [2.24, 2.45) is 5.73 Å². The highest BCUT2D eigenvalue weighted by Gasteiger charge is 2.27. The van der Waals surface area contributed by atoms with E-state index in [0.29, 0.717) is 15.8 Å². The van der Waals surface area contributed by atoms with Crippen LogP contribution in [0.1, 0.15) is 18.5 Å². The van der Waals surface area contributed by atoms with E-state index < -0.39 is 25.2 Å². The third-order valence-electron chi connectivity index (χ3n) is 2.31. The van der Waals surface area contributed by atoms with Gasteiger partial charge in [-0.25, -0.2) is 0 Å². The molecule has 1 rings (SSSR count). The monoisotopic (exact) mass is 354 g/mol. The van der Waals surface area contributed by atoms with E-state index in [9.17, 15) is 18.0 Å². The first-order valence-corrected chi connectivity index (χ1v) is 6.49. The van der Waals surface area contributed by atoms with Gasteiger partial charge in [-0.15, -0.1) is 0 Å². The van der Waals surface area contributed by atoms with Gasteiger partial charge in [-0.3, -0.25) is 4.79 Å². The Morgan fingerprint density at radius 1 is 1.50 bits per heavy atom. The molecule has 0 bridgehead atoms. The minimum absolute atomic E-state index is 0.323. The van der Waals surface area contributed by atoms with Crippen molar-refractivity contribution in [2.75, 3.05) is 13.2 Å². The topological polar surface area (TPSA) is 64.3 Å². The Balaban J connectivity index is 2.61. The van der Waals surface area contributed by atoms with Crippen LogP contribution < -0.4 is 15.8 Å². The maximum absolute atomic E-state index is 11.9. The Morgan fingerprint density at radius 3 is 2.70 bits per heavy atom. The standard InChI is InChI=1S/C12H14BrF3N2O2/c1-7(17)9-3-2-8(13)4-10(9)20-5-11(19)18-6-12(14,15)16/h2-4,7H,5-6,17H2,1H3,(H,18,19)/t7-/m1/s1. The van der Waals surface area contributed by atoms with Crippen LogP contribution in [0.2, 0.25) is 0 Å². The number of benzene rings is 1. The van der Waals surface area contributed by atoms with Crippen LogP contribution >= 0.6 is 15.9 Å². The summed E-state index contributed by atoms with van der Waals surface area (Å²) < 4.78 is 41.7. The lowest BCUT2D eigenvalue weighted by molar-refractivity contribution is -0.139. The summed E-state index contributed by atoms with van der Waals surface area (Å²) in [5.41, 5.74) is 6.41. The minimum Gasteiger partial charge on any atom is -0.483 e. The number of amides is 1. The smallest absolute Gasteiger partial charge is 0.405 e. The molecule has 0 aliphatic rings. The third-order valence-corrected chi connectivity index (χ3v) is 2.80. The van der Waals surface area contributed by atoms with Crippen molar-refractivity contribution in [3.63, 3.8) is 0 Å². The molecule has 0 saturated heterocycles. The highest BCUT2D eigenvalue weighted by Crippen LogP contribution is 2.27. The Kier molecular flexibility index (Phi) is 5.82. The molecule has 0 aliphatic carbocycles. The van der Waals surface area contributed by atoms with Crippen molar-refractivity contribution in [1.82, 2.24) is 5.32 Å². The van der Waals surface area contributed by atoms with Crippen molar-refractivity contribution in [3.05, 3.63) is 28.2 Å². The van der Waals surface area contributed by atoms with E-state index in [0.717, 1.165) is 0 Å². The second-order valence-electron chi connectivity index (χ2n) is 4.15. The zero-order chi connectivity index (χ0) is 15.3. The normalized spacial score (nSPS) is 12.9. The molecule has 1 aromatic rings. The van der Waals surface area contributed by atoms with Crippen LogP contribution in [0, 0.1) is 0 Å². The van der Waals surface area contributed by atoms with Crippen LogP contribution in [0.5, 0.6) is 5.75 Å². The van der Waals surface area contributed by atoms with Gasteiger partial charge in [-0.05, 0) is 19.1 Å². The first-order valence-electron chi connectivity index (χ1n) is 5.70. The second-order valence-corrected chi connectivity index (χ2v) is 5.07. The first kappa shape index (κ1) is 16.8. The van der Waals surface area contributed by atoms with Crippen LogP contribution in [0.15, 0.2) is 22.7 Å². The quantitative estimate of drug-likeness (QED) is 0.853. The Labute approximate surface area is 122 Å². The van der Waals surface area contributed by atoms with E-state index in [4.69, 9.17) is 10.5 Å². The fourth-order valence-electron chi connectivity index (χ4n) is 1.40. The molecule has 1 aromatic carbocycles. The molecule has 0 fully saturated rings. The van der Waals surface area contributed by atoms with Gasteiger partial charge in [0.05, 0.1) is 0 Å². The summed E-state index contributed by atoms with van der Waals surface area (Å²) in [4.78, 5) is 11.3. The van der Waals surface area contributed by atoms with Gasteiger partial charge in [0.1, 0.15) is 12.3 Å². The predicted molar refractivity (Wildman–Crippen MR) is 71.3 cm³/mol. The summed E-state index contributed by atoms with van der Waals surface area (Å²) in [7, 11) is 0. The molecule has 8 heteroatoms. The number of alkyl halides is 3. The lowest BCUT2D eigenvalue weighted by Crippen LogP contribution is -2.36. The largest absolute Gasteiger partial charge is 0.483 e. The van der Waals surface area contributed by atoms with Gasteiger partial charge in [0, 0.05) is 16.1 Å². The zero-order valence-corrected chi connectivity index (χ0v) is 12.2. The first-order chi connectivity index (χ1) is 9.19. The Bertz CT molecular complexity index is 478. The summed E-state index contributed by atoms with van der Waals surface area (Å²) >= 11 is 3.24. The number of carbonyl (C=O) groups excluding carboxylic acids is 1. The molecule has 0 aromatic heterocycles. The molecule has 0 aliphatic heterocycles. The Morgan fingerprint density at radius 2 is 2.15 bits per heavy atom. The molecule has 0 saturated carbocycles. The lowest BCUT2D eigenvalue weighted by Gasteiger charge is -2.14. The van der Waals surface area contributed by atoms with Crippen LogP contribution in [0.4, 0.5) is 13.2 Å².